The second kappa shape index (κ2) is 7.02. The first-order valence-electron chi connectivity index (χ1n) is 7.13. The first-order valence-corrected chi connectivity index (χ1v) is 8.83. The highest BCUT2D eigenvalue weighted by Gasteiger charge is 2.18. The number of methoxy groups -OCH3 is 1. The van der Waals surface area contributed by atoms with Crippen LogP contribution in [0.5, 0.6) is 5.75 Å². The number of anilines is 1. The minimum atomic E-state index is -0.250. The number of benzene rings is 2. The molecule has 118 valence electrons. The Hall–Kier alpha value is -2.05. The highest BCUT2D eigenvalue weighted by atomic mass is 32.2. The van der Waals surface area contributed by atoms with E-state index >= 15 is 0 Å². The number of nitrogens with zero attached hydrogens (tertiary/aromatic N) is 1. The van der Waals surface area contributed by atoms with E-state index in [0.717, 1.165) is 14.6 Å². The number of nitrogens with one attached hydrogen (secondary N) is 1. The number of fused-ring (bicyclic) bond motifs is 1. The molecule has 23 heavy (non-hydrogen) atoms. The lowest BCUT2D eigenvalue weighted by Gasteiger charge is -2.13. The highest BCUT2D eigenvalue weighted by molar-refractivity contribution is 8.02. The van der Waals surface area contributed by atoms with E-state index in [-0.39, 0.29) is 11.2 Å². The Labute approximate surface area is 142 Å². The number of thioether (sulfide) groups is 1. The van der Waals surface area contributed by atoms with Gasteiger partial charge >= 0.3 is 0 Å². The topological polar surface area (TPSA) is 51.2 Å². The van der Waals surface area contributed by atoms with Gasteiger partial charge in [-0.3, -0.25) is 4.79 Å². The third-order valence-electron chi connectivity index (χ3n) is 3.29. The zero-order valence-electron chi connectivity index (χ0n) is 12.8. The average Bonchev–Trinajstić information content (AvgIpc) is 2.97. The number of rotatable bonds is 5. The Morgan fingerprint density at radius 3 is 2.74 bits per heavy atom. The summed E-state index contributed by atoms with van der Waals surface area (Å²) in [4.78, 5) is 16.9. The summed E-state index contributed by atoms with van der Waals surface area (Å²) in [5, 5.41) is 2.66. The number of thiazole rings is 1. The number of hydrogen-bond acceptors (Lipinski definition) is 5. The van der Waals surface area contributed by atoms with Crippen LogP contribution in [0.25, 0.3) is 10.2 Å². The molecular weight excluding hydrogens is 328 g/mol. The van der Waals surface area contributed by atoms with Crippen LogP contribution >= 0.6 is 23.1 Å². The molecule has 0 fully saturated rings. The molecule has 0 spiro atoms. The zero-order valence-corrected chi connectivity index (χ0v) is 14.4. The second-order valence-electron chi connectivity index (χ2n) is 4.90. The molecule has 2 aromatic carbocycles. The maximum atomic E-state index is 12.4. The Bertz CT molecular complexity index is 799. The summed E-state index contributed by atoms with van der Waals surface area (Å²) in [6.45, 7) is 1.88. The van der Waals surface area contributed by atoms with Crippen molar-refractivity contribution in [1.29, 1.82) is 0 Å². The number of aromatic nitrogens is 1. The smallest absolute Gasteiger partial charge is 0.237 e. The van der Waals surface area contributed by atoms with Crippen LogP contribution in [0.15, 0.2) is 52.9 Å². The Balaban J connectivity index is 1.69. The standard InChI is InChI=1S/C17H16N2O2S2/c1-11(16(20)18-12-7-3-5-9-14(12)21-2)22-17-19-13-8-4-6-10-15(13)23-17/h3-11H,1-2H3,(H,18,20)/t11-/m0/s1. The molecule has 0 saturated heterocycles. The van der Waals surface area contributed by atoms with Crippen molar-refractivity contribution in [3.05, 3.63) is 48.5 Å². The van der Waals surface area contributed by atoms with Crippen molar-refractivity contribution in [1.82, 2.24) is 4.98 Å². The van der Waals surface area contributed by atoms with E-state index in [2.05, 4.69) is 10.3 Å². The molecule has 6 heteroatoms. The van der Waals surface area contributed by atoms with Crippen molar-refractivity contribution in [2.45, 2.75) is 16.5 Å². The summed E-state index contributed by atoms with van der Waals surface area (Å²) >= 11 is 3.07. The first-order chi connectivity index (χ1) is 11.2. The Morgan fingerprint density at radius 1 is 1.22 bits per heavy atom. The Morgan fingerprint density at radius 2 is 1.96 bits per heavy atom. The summed E-state index contributed by atoms with van der Waals surface area (Å²) in [6, 6.07) is 15.4. The van der Waals surface area contributed by atoms with Gasteiger partial charge in [-0.25, -0.2) is 4.98 Å². The lowest BCUT2D eigenvalue weighted by molar-refractivity contribution is -0.115. The van der Waals surface area contributed by atoms with Gasteiger partial charge in [-0.15, -0.1) is 11.3 Å². The monoisotopic (exact) mass is 344 g/mol. The van der Waals surface area contributed by atoms with Gasteiger partial charge in [-0.2, -0.15) is 0 Å². The molecule has 0 aliphatic carbocycles. The summed E-state index contributed by atoms with van der Waals surface area (Å²) in [7, 11) is 1.59. The highest BCUT2D eigenvalue weighted by Crippen LogP contribution is 2.32. The van der Waals surface area contributed by atoms with Gasteiger partial charge < -0.3 is 10.1 Å². The van der Waals surface area contributed by atoms with Gasteiger partial charge in [0.2, 0.25) is 5.91 Å². The third kappa shape index (κ3) is 3.65. The molecule has 0 aliphatic rings. The van der Waals surface area contributed by atoms with E-state index in [1.54, 1.807) is 18.4 Å². The van der Waals surface area contributed by atoms with Crippen LogP contribution in [-0.2, 0) is 4.79 Å². The number of carbonyl (C=O) groups is 1. The van der Waals surface area contributed by atoms with Crippen molar-refractivity contribution < 1.29 is 9.53 Å². The molecule has 4 nitrogen and oxygen atoms in total. The van der Waals surface area contributed by atoms with E-state index in [4.69, 9.17) is 4.74 Å². The number of para-hydroxylation sites is 3. The maximum Gasteiger partial charge on any atom is 0.237 e. The molecule has 0 bridgehead atoms. The SMILES string of the molecule is COc1ccccc1NC(=O)[C@H](C)Sc1nc2ccccc2s1. The molecule has 1 amide bonds. The van der Waals surface area contributed by atoms with Crippen molar-refractivity contribution in [2.24, 2.45) is 0 Å². The van der Waals surface area contributed by atoms with Gasteiger partial charge in [-0.1, -0.05) is 36.0 Å². The normalized spacial score (nSPS) is 12.1. The fourth-order valence-electron chi connectivity index (χ4n) is 2.09. The number of ether oxygens (including phenoxy) is 1. The van der Waals surface area contributed by atoms with Gasteiger partial charge in [-0.05, 0) is 31.2 Å². The van der Waals surface area contributed by atoms with Crippen LogP contribution in [0.2, 0.25) is 0 Å². The number of hydrogen-bond donors (Lipinski definition) is 1. The van der Waals surface area contributed by atoms with Gasteiger partial charge in [0.1, 0.15) is 5.75 Å². The van der Waals surface area contributed by atoms with Crippen LogP contribution < -0.4 is 10.1 Å². The lowest BCUT2D eigenvalue weighted by Crippen LogP contribution is -2.22. The molecule has 3 aromatic rings. The number of carbonyl (C=O) groups excluding carboxylic acids is 1. The molecule has 3 rings (SSSR count). The third-order valence-corrected chi connectivity index (χ3v) is 5.52. The molecule has 0 saturated carbocycles. The molecule has 1 atom stereocenters. The number of amides is 1. The molecule has 0 radical (unpaired) electrons. The van der Waals surface area contributed by atoms with Crippen molar-refractivity contribution in [3.63, 3.8) is 0 Å². The van der Waals surface area contributed by atoms with Crippen molar-refractivity contribution in [3.8, 4) is 5.75 Å². The quantitative estimate of drug-likeness (QED) is 0.696. The maximum absolute atomic E-state index is 12.4. The fourth-order valence-corrected chi connectivity index (χ4v) is 4.30. The van der Waals surface area contributed by atoms with Crippen LogP contribution in [-0.4, -0.2) is 23.3 Å². The van der Waals surface area contributed by atoms with Gasteiger partial charge in [0, 0.05) is 0 Å². The summed E-state index contributed by atoms with van der Waals surface area (Å²) in [5.41, 5.74) is 1.65. The van der Waals surface area contributed by atoms with Crippen LogP contribution in [0.3, 0.4) is 0 Å². The van der Waals surface area contributed by atoms with Crippen LogP contribution in [0.4, 0.5) is 5.69 Å². The minimum Gasteiger partial charge on any atom is -0.495 e. The predicted octanol–water partition coefficient (Wildman–Crippen LogP) is 4.42. The summed E-state index contributed by atoms with van der Waals surface area (Å²) < 4.78 is 7.28. The summed E-state index contributed by atoms with van der Waals surface area (Å²) in [5.74, 6) is 0.580. The molecule has 1 aromatic heterocycles. The lowest BCUT2D eigenvalue weighted by atomic mass is 10.3. The van der Waals surface area contributed by atoms with E-state index < -0.39 is 0 Å². The average molecular weight is 344 g/mol. The van der Waals surface area contributed by atoms with Crippen LogP contribution in [0.1, 0.15) is 6.92 Å². The van der Waals surface area contributed by atoms with Gasteiger partial charge in [0.15, 0.2) is 4.34 Å². The van der Waals surface area contributed by atoms with E-state index in [0.29, 0.717) is 11.4 Å². The van der Waals surface area contributed by atoms with E-state index in [1.807, 2.05) is 55.5 Å². The second-order valence-corrected chi connectivity index (χ2v) is 7.52. The van der Waals surface area contributed by atoms with E-state index in [9.17, 15) is 4.79 Å². The first kappa shape index (κ1) is 15.8. The molecular formula is C17H16N2O2S2. The van der Waals surface area contributed by atoms with Crippen molar-refractivity contribution in [2.75, 3.05) is 12.4 Å². The minimum absolute atomic E-state index is 0.0706. The fraction of sp³-hybridized carbons (Fsp3) is 0.176. The molecule has 1 heterocycles. The van der Waals surface area contributed by atoms with E-state index in [1.165, 1.54) is 11.8 Å². The van der Waals surface area contributed by atoms with Crippen molar-refractivity contribution >= 4 is 44.9 Å². The zero-order chi connectivity index (χ0) is 16.2. The predicted molar refractivity (Wildman–Crippen MR) is 96.6 cm³/mol. The molecule has 0 unspecified atom stereocenters. The largest absolute Gasteiger partial charge is 0.495 e. The van der Waals surface area contributed by atoms with Gasteiger partial charge in [0.25, 0.3) is 0 Å². The molecule has 1 N–H and O–H groups in total. The molecule has 0 aliphatic heterocycles. The van der Waals surface area contributed by atoms with Gasteiger partial charge in [0.05, 0.1) is 28.3 Å². The van der Waals surface area contributed by atoms with Crippen LogP contribution in [0, 0.1) is 0 Å². The Kier molecular flexibility index (Phi) is 4.83. The summed E-state index contributed by atoms with van der Waals surface area (Å²) in [6.07, 6.45) is 0.